The lowest BCUT2D eigenvalue weighted by atomic mass is 10.1. The van der Waals surface area contributed by atoms with Crippen molar-refractivity contribution < 1.29 is 9.90 Å². The fourth-order valence-corrected chi connectivity index (χ4v) is 2.23. The Labute approximate surface area is 123 Å². The maximum atomic E-state index is 12.0. The standard InChI is InChI=1S/C12H19Cl2N3O2/c1-12(19,7-16(2)3)6-15-11(18)9-5-8(13)10(14)17(9)4/h5,19H,6-7H2,1-4H3,(H,15,18). The third-order valence-corrected chi connectivity index (χ3v) is 3.48. The number of hydrogen-bond donors (Lipinski definition) is 2. The zero-order valence-electron chi connectivity index (χ0n) is 11.5. The van der Waals surface area contributed by atoms with Crippen LogP contribution in [0.25, 0.3) is 0 Å². The number of nitrogens with zero attached hydrogens (tertiary/aromatic N) is 2. The van der Waals surface area contributed by atoms with Crippen molar-refractivity contribution >= 4 is 29.1 Å². The third-order valence-electron chi connectivity index (χ3n) is 2.64. The molecule has 5 nitrogen and oxygen atoms in total. The molecule has 0 aromatic carbocycles. The van der Waals surface area contributed by atoms with Gasteiger partial charge in [-0.2, -0.15) is 0 Å². The minimum atomic E-state index is -1.00. The summed E-state index contributed by atoms with van der Waals surface area (Å²) in [5, 5.41) is 13.4. The molecule has 0 bridgehead atoms. The fraction of sp³-hybridized carbons (Fsp3) is 0.583. The molecule has 0 aliphatic carbocycles. The molecule has 1 rings (SSSR count). The topological polar surface area (TPSA) is 57.5 Å². The number of nitrogens with one attached hydrogen (secondary N) is 1. The van der Waals surface area contributed by atoms with Crippen LogP contribution in [0.1, 0.15) is 17.4 Å². The van der Waals surface area contributed by atoms with Crippen molar-refractivity contribution in [2.45, 2.75) is 12.5 Å². The molecule has 1 atom stereocenters. The number of hydrogen-bond acceptors (Lipinski definition) is 3. The van der Waals surface area contributed by atoms with Crippen LogP contribution < -0.4 is 5.32 Å². The van der Waals surface area contributed by atoms with Gasteiger partial charge in [-0.15, -0.1) is 0 Å². The Balaban J connectivity index is 2.68. The van der Waals surface area contributed by atoms with Crippen LogP contribution in [0.5, 0.6) is 0 Å². The molecule has 0 aliphatic heterocycles. The Bertz CT molecular complexity index is 470. The van der Waals surface area contributed by atoms with Gasteiger partial charge in [-0.25, -0.2) is 0 Å². The number of likely N-dealkylation sites (N-methyl/N-ethyl adjacent to an activating group) is 1. The van der Waals surface area contributed by atoms with E-state index in [-0.39, 0.29) is 12.5 Å². The highest BCUT2D eigenvalue weighted by Gasteiger charge is 2.23. The summed E-state index contributed by atoms with van der Waals surface area (Å²) >= 11 is 11.7. The summed E-state index contributed by atoms with van der Waals surface area (Å²) in [5.41, 5.74) is -0.645. The molecule has 0 saturated heterocycles. The smallest absolute Gasteiger partial charge is 0.268 e. The Hall–Kier alpha value is -0.750. The molecule has 1 unspecified atom stereocenters. The lowest BCUT2D eigenvalue weighted by Gasteiger charge is -2.27. The average molecular weight is 308 g/mol. The summed E-state index contributed by atoms with van der Waals surface area (Å²) in [6.07, 6.45) is 0. The molecule has 1 heterocycles. The monoisotopic (exact) mass is 307 g/mol. The largest absolute Gasteiger partial charge is 0.387 e. The Morgan fingerprint density at radius 2 is 2.11 bits per heavy atom. The van der Waals surface area contributed by atoms with Crippen molar-refractivity contribution in [1.82, 2.24) is 14.8 Å². The predicted molar refractivity (Wildman–Crippen MR) is 76.9 cm³/mol. The molecule has 2 N–H and O–H groups in total. The van der Waals surface area contributed by atoms with Gasteiger partial charge in [0.1, 0.15) is 10.8 Å². The lowest BCUT2D eigenvalue weighted by Crippen LogP contribution is -2.47. The quantitative estimate of drug-likeness (QED) is 0.864. The number of carbonyl (C=O) groups excluding carboxylic acids is 1. The van der Waals surface area contributed by atoms with E-state index < -0.39 is 5.60 Å². The van der Waals surface area contributed by atoms with Crippen molar-refractivity contribution in [1.29, 1.82) is 0 Å². The Morgan fingerprint density at radius 3 is 2.53 bits per heavy atom. The van der Waals surface area contributed by atoms with Gasteiger partial charge in [0, 0.05) is 20.1 Å². The molecular formula is C12H19Cl2N3O2. The van der Waals surface area contributed by atoms with Gasteiger partial charge in [-0.05, 0) is 27.1 Å². The number of rotatable bonds is 5. The van der Waals surface area contributed by atoms with Crippen LogP contribution in [0.2, 0.25) is 10.2 Å². The molecular weight excluding hydrogens is 289 g/mol. The van der Waals surface area contributed by atoms with Gasteiger partial charge < -0.3 is 19.9 Å². The van der Waals surface area contributed by atoms with Gasteiger partial charge >= 0.3 is 0 Å². The highest BCUT2D eigenvalue weighted by Crippen LogP contribution is 2.25. The van der Waals surface area contributed by atoms with E-state index in [0.29, 0.717) is 22.4 Å². The summed E-state index contributed by atoms with van der Waals surface area (Å²) in [4.78, 5) is 13.8. The first kappa shape index (κ1) is 16.3. The second kappa shape index (κ2) is 6.13. The van der Waals surface area contributed by atoms with Crippen LogP contribution in [0.3, 0.4) is 0 Å². The second-order valence-electron chi connectivity index (χ2n) is 5.14. The Morgan fingerprint density at radius 1 is 1.53 bits per heavy atom. The number of aromatic nitrogens is 1. The van der Waals surface area contributed by atoms with Crippen molar-refractivity contribution in [3.63, 3.8) is 0 Å². The van der Waals surface area contributed by atoms with Gasteiger partial charge in [-0.3, -0.25) is 4.79 Å². The summed E-state index contributed by atoms with van der Waals surface area (Å²) in [6, 6.07) is 1.50. The first-order valence-electron chi connectivity index (χ1n) is 5.80. The van der Waals surface area contributed by atoms with E-state index in [1.165, 1.54) is 10.6 Å². The number of halogens is 2. The van der Waals surface area contributed by atoms with E-state index in [4.69, 9.17) is 23.2 Å². The van der Waals surface area contributed by atoms with E-state index in [1.54, 1.807) is 14.0 Å². The van der Waals surface area contributed by atoms with Crippen molar-refractivity contribution in [3.8, 4) is 0 Å². The number of aliphatic hydroxyl groups is 1. The molecule has 0 saturated carbocycles. The van der Waals surface area contributed by atoms with Crippen LogP contribution in [0.4, 0.5) is 0 Å². The molecule has 0 fully saturated rings. The molecule has 7 heteroatoms. The minimum Gasteiger partial charge on any atom is -0.387 e. The first-order valence-corrected chi connectivity index (χ1v) is 6.55. The highest BCUT2D eigenvalue weighted by atomic mass is 35.5. The molecule has 1 amide bonds. The number of amides is 1. The third kappa shape index (κ3) is 4.38. The maximum absolute atomic E-state index is 12.0. The summed E-state index contributed by atoms with van der Waals surface area (Å²) in [7, 11) is 5.36. The van der Waals surface area contributed by atoms with E-state index in [9.17, 15) is 9.90 Å². The summed E-state index contributed by atoms with van der Waals surface area (Å²) in [5.74, 6) is -0.324. The highest BCUT2D eigenvalue weighted by molar-refractivity contribution is 6.41. The van der Waals surface area contributed by atoms with Crippen LogP contribution in [-0.4, -0.2) is 53.3 Å². The number of carbonyl (C=O) groups is 1. The predicted octanol–water partition coefficient (Wildman–Crippen LogP) is 1.37. The average Bonchev–Trinajstić information content (AvgIpc) is 2.52. The van der Waals surface area contributed by atoms with E-state index >= 15 is 0 Å². The van der Waals surface area contributed by atoms with E-state index in [1.807, 2.05) is 19.0 Å². The summed E-state index contributed by atoms with van der Waals surface area (Å²) in [6.45, 7) is 2.25. The van der Waals surface area contributed by atoms with Crippen LogP contribution in [-0.2, 0) is 7.05 Å². The maximum Gasteiger partial charge on any atom is 0.268 e. The van der Waals surface area contributed by atoms with Gasteiger partial charge in [0.15, 0.2) is 0 Å². The lowest BCUT2D eigenvalue weighted by molar-refractivity contribution is 0.0324. The Kier molecular flexibility index (Phi) is 5.26. The normalized spacial score (nSPS) is 14.5. The van der Waals surface area contributed by atoms with Crippen molar-refractivity contribution in [2.75, 3.05) is 27.2 Å². The molecule has 0 aliphatic rings. The molecule has 0 spiro atoms. The molecule has 108 valence electrons. The van der Waals surface area contributed by atoms with Gasteiger partial charge in [0.05, 0.1) is 10.6 Å². The molecule has 1 aromatic rings. The van der Waals surface area contributed by atoms with Crippen molar-refractivity contribution in [3.05, 3.63) is 21.9 Å². The SMILES string of the molecule is CN(C)CC(C)(O)CNC(=O)c1cc(Cl)c(Cl)n1C. The molecule has 19 heavy (non-hydrogen) atoms. The summed E-state index contributed by atoms with van der Waals surface area (Å²) < 4.78 is 1.50. The van der Waals surface area contributed by atoms with E-state index in [0.717, 1.165) is 0 Å². The van der Waals surface area contributed by atoms with Gasteiger partial charge in [0.2, 0.25) is 0 Å². The van der Waals surface area contributed by atoms with Crippen LogP contribution >= 0.6 is 23.2 Å². The van der Waals surface area contributed by atoms with Crippen LogP contribution in [0.15, 0.2) is 6.07 Å². The van der Waals surface area contributed by atoms with E-state index in [2.05, 4.69) is 5.32 Å². The first-order chi connectivity index (χ1) is 8.64. The molecule has 1 aromatic heterocycles. The molecule has 0 radical (unpaired) electrons. The van der Waals surface area contributed by atoms with Crippen LogP contribution in [0, 0.1) is 0 Å². The second-order valence-corrected chi connectivity index (χ2v) is 5.91. The minimum absolute atomic E-state index is 0.143. The fourth-order valence-electron chi connectivity index (χ4n) is 1.86. The zero-order chi connectivity index (χ0) is 14.8. The van der Waals surface area contributed by atoms with Gasteiger partial charge in [0.25, 0.3) is 5.91 Å². The zero-order valence-corrected chi connectivity index (χ0v) is 13.0. The van der Waals surface area contributed by atoms with Gasteiger partial charge in [-0.1, -0.05) is 23.2 Å². The van der Waals surface area contributed by atoms with Crippen molar-refractivity contribution in [2.24, 2.45) is 7.05 Å².